The van der Waals surface area contributed by atoms with Gasteiger partial charge in [0, 0.05) is 34.4 Å². The largest absolute Gasteiger partial charge is 0.335 e. The summed E-state index contributed by atoms with van der Waals surface area (Å²) in [6.45, 7) is 1.50. The number of aromatic nitrogens is 3. The minimum atomic E-state index is -0.902. The Morgan fingerprint density at radius 3 is 2.48 bits per heavy atom. The third-order valence-corrected chi connectivity index (χ3v) is 6.29. The van der Waals surface area contributed by atoms with E-state index in [1.54, 1.807) is 22.6 Å². The van der Waals surface area contributed by atoms with Crippen molar-refractivity contribution in [2.24, 2.45) is 17.8 Å². The van der Waals surface area contributed by atoms with E-state index in [0.717, 1.165) is 48.8 Å². The quantitative estimate of drug-likeness (QED) is 0.269. The first kappa shape index (κ1) is 21.9. The van der Waals surface area contributed by atoms with Crippen molar-refractivity contribution in [2.75, 3.05) is 5.32 Å². The van der Waals surface area contributed by atoms with Crippen molar-refractivity contribution in [3.63, 3.8) is 0 Å². The van der Waals surface area contributed by atoms with Gasteiger partial charge in [-0.15, -0.1) is 0 Å². The van der Waals surface area contributed by atoms with Gasteiger partial charge in [0.1, 0.15) is 17.5 Å². The standard InChI is InChI=1S/C20H22F2IN5O3/c1-9(13-6-12(21)7-24-18(13)29)28-17(22)14(8-25-28)26-19(30)16(27-20(23)31)15(10-2-3-10)11-4-5-11/h6-11,15-16H,2-5H2,1H3,(H,24,29)(H,26,30)(H,27,31)/t9-,16-/m0/s1. The van der Waals surface area contributed by atoms with Crippen molar-refractivity contribution in [2.45, 2.75) is 44.7 Å². The zero-order valence-corrected chi connectivity index (χ0v) is 18.9. The lowest BCUT2D eigenvalue weighted by Gasteiger charge is -2.26. The predicted octanol–water partition coefficient (Wildman–Crippen LogP) is 3.35. The number of amides is 2. The Morgan fingerprint density at radius 1 is 1.26 bits per heavy atom. The Labute approximate surface area is 190 Å². The monoisotopic (exact) mass is 545 g/mol. The molecule has 4 rings (SSSR count). The molecule has 0 spiro atoms. The van der Waals surface area contributed by atoms with Crippen LogP contribution in [-0.4, -0.2) is 30.6 Å². The number of aromatic amines is 1. The fourth-order valence-corrected chi connectivity index (χ4v) is 4.51. The topological polar surface area (TPSA) is 109 Å². The molecule has 8 nitrogen and oxygen atoms in total. The summed E-state index contributed by atoms with van der Waals surface area (Å²) in [5.74, 6) is -1.22. The molecule has 11 heteroatoms. The Balaban J connectivity index is 1.55. The van der Waals surface area contributed by atoms with E-state index in [9.17, 15) is 18.8 Å². The predicted molar refractivity (Wildman–Crippen MR) is 117 cm³/mol. The second-order valence-corrected chi connectivity index (χ2v) is 9.19. The smallest absolute Gasteiger partial charge is 0.281 e. The van der Waals surface area contributed by atoms with Gasteiger partial charge >= 0.3 is 0 Å². The number of nitrogens with zero attached hydrogens (tertiary/aromatic N) is 2. The number of H-pyrrole nitrogens is 1. The van der Waals surface area contributed by atoms with Crippen LogP contribution >= 0.6 is 22.6 Å². The van der Waals surface area contributed by atoms with E-state index in [1.807, 2.05) is 0 Å². The number of rotatable bonds is 8. The molecule has 2 fully saturated rings. The lowest BCUT2D eigenvalue weighted by molar-refractivity contribution is -0.119. The van der Waals surface area contributed by atoms with Crippen LogP contribution in [0.5, 0.6) is 0 Å². The normalized spacial score (nSPS) is 18.0. The van der Waals surface area contributed by atoms with Crippen LogP contribution in [0.15, 0.2) is 23.3 Å². The molecule has 2 atom stereocenters. The summed E-state index contributed by atoms with van der Waals surface area (Å²) in [6, 6.07) is -0.638. The third-order valence-electron chi connectivity index (χ3n) is 5.98. The summed E-state index contributed by atoms with van der Waals surface area (Å²) in [7, 11) is 0. The third kappa shape index (κ3) is 4.80. The highest BCUT2D eigenvalue weighted by Crippen LogP contribution is 2.51. The first-order valence-electron chi connectivity index (χ1n) is 10.1. The van der Waals surface area contributed by atoms with Crippen molar-refractivity contribution in [1.82, 2.24) is 20.1 Å². The molecule has 0 radical (unpaired) electrons. The summed E-state index contributed by atoms with van der Waals surface area (Å²) >= 11 is 1.59. The minimum absolute atomic E-state index is 0.00235. The SMILES string of the molecule is C[C@@H](c1cc(F)c[nH]c1=O)n1ncc(NC(=O)[C@@H](NC(=O)I)C(C2CC2)C2CC2)c1F. The van der Waals surface area contributed by atoms with E-state index >= 15 is 4.39 Å². The summed E-state index contributed by atoms with van der Waals surface area (Å²) < 4.78 is 29.1. The molecule has 0 aromatic carbocycles. The first-order chi connectivity index (χ1) is 14.8. The van der Waals surface area contributed by atoms with E-state index < -0.39 is 35.3 Å². The molecule has 2 aliphatic carbocycles. The van der Waals surface area contributed by atoms with Gasteiger partial charge in [0.15, 0.2) is 0 Å². The Hall–Kier alpha value is -2.31. The summed E-state index contributed by atoms with van der Waals surface area (Å²) in [4.78, 5) is 39.0. The maximum atomic E-state index is 15.0. The maximum absolute atomic E-state index is 15.0. The number of halogens is 3. The van der Waals surface area contributed by atoms with Crippen LogP contribution in [-0.2, 0) is 4.79 Å². The Bertz CT molecular complexity index is 1050. The molecule has 2 aliphatic rings. The highest BCUT2D eigenvalue weighted by molar-refractivity contribution is 14.1. The Morgan fingerprint density at radius 2 is 1.90 bits per heavy atom. The van der Waals surface area contributed by atoms with Gasteiger partial charge in [-0.25, -0.2) is 9.07 Å². The van der Waals surface area contributed by atoms with Gasteiger partial charge in [0.05, 0.1) is 12.2 Å². The fourth-order valence-electron chi connectivity index (χ4n) is 4.18. The molecule has 3 N–H and O–H groups in total. The van der Waals surface area contributed by atoms with Crippen molar-refractivity contribution in [1.29, 1.82) is 0 Å². The first-order valence-corrected chi connectivity index (χ1v) is 11.2. The molecule has 0 saturated heterocycles. The number of hydrogen-bond donors (Lipinski definition) is 3. The van der Waals surface area contributed by atoms with E-state index in [2.05, 4.69) is 20.7 Å². The van der Waals surface area contributed by atoms with Crippen molar-refractivity contribution < 1.29 is 18.4 Å². The van der Waals surface area contributed by atoms with E-state index in [4.69, 9.17) is 0 Å². The van der Waals surface area contributed by atoms with Gasteiger partial charge in [-0.3, -0.25) is 14.4 Å². The van der Waals surface area contributed by atoms with Gasteiger partial charge in [-0.1, -0.05) is 0 Å². The summed E-state index contributed by atoms with van der Waals surface area (Å²) in [6.07, 6.45) is 6.15. The van der Waals surface area contributed by atoms with Crippen LogP contribution < -0.4 is 16.2 Å². The number of hydrogen-bond acceptors (Lipinski definition) is 4. The van der Waals surface area contributed by atoms with Gasteiger partial charge in [0.25, 0.3) is 9.47 Å². The van der Waals surface area contributed by atoms with Crippen LogP contribution in [0.1, 0.15) is 44.2 Å². The van der Waals surface area contributed by atoms with E-state index in [-0.39, 0.29) is 21.1 Å². The molecular weight excluding hydrogens is 523 g/mol. The molecule has 2 aromatic rings. The molecule has 0 aliphatic heterocycles. The fraction of sp³-hybridized carbons (Fsp3) is 0.500. The number of carbonyl (C=O) groups excluding carboxylic acids is 2. The molecule has 2 saturated carbocycles. The van der Waals surface area contributed by atoms with E-state index in [0.29, 0.717) is 11.8 Å². The van der Waals surface area contributed by atoms with Gasteiger partial charge in [-0.05, 0) is 56.4 Å². The zero-order chi connectivity index (χ0) is 22.3. The molecular formula is C20H22F2IN5O3. The van der Waals surface area contributed by atoms with Crippen molar-refractivity contribution in [3.8, 4) is 0 Å². The Kier molecular flexibility index (Phi) is 6.13. The molecule has 31 heavy (non-hydrogen) atoms. The maximum Gasteiger partial charge on any atom is 0.281 e. The highest BCUT2D eigenvalue weighted by Gasteiger charge is 2.48. The molecule has 0 bridgehead atoms. The average Bonchev–Trinajstić information content (AvgIpc) is 3.64. The number of pyridine rings is 1. The van der Waals surface area contributed by atoms with Crippen molar-refractivity contribution in [3.05, 3.63) is 46.1 Å². The van der Waals surface area contributed by atoms with E-state index in [1.165, 1.54) is 6.92 Å². The van der Waals surface area contributed by atoms with Crippen LogP contribution in [0.25, 0.3) is 0 Å². The van der Waals surface area contributed by atoms with Crippen LogP contribution in [0.3, 0.4) is 0 Å². The molecule has 2 aromatic heterocycles. The van der Waals surface area contributed by atoms with Crippen LogP contribution in [0, 0.1) is 29.5 Å². The van der Waals surface area contributed by atoms with Crippen molar-refractivity contribution >= 4 is 38.1 Å². The second kappa shape index (κ2) is 8.67. The molecule has 2 heterocycles. The summed E-state index contributed by atoms with van der Waals surface area (Å²) in [5, 5.41) is 9.21. The molecule has 0 unspecified atom stereocenters. The number of carbonyl (C=O) groups is 2. The van der Waals surface area contributed by atoms with Gasteiger partial charge in [0.2, 0.25) is 11.9 Å². The molecule has 2 amide bonds. The molecule has 166 valence electrons. The van der Waals surface area contributed by atoms with Crippen LogP contribution in [0.4, 0.5) is 19.3 Å². The second-order valence-electron chi connectivity index (χ2n) is 8.21. The zero-order valence-electron chi connectivity index (χ0n) is 16.7. The minimum Gasteiger partial charge on any atom is -0.335 e. The van der Waals surface area contributed by atoms with Crippen LogP contribution in [0.2, 0.25) is 0 Å². The average molecular weight is 545 g/mol. The highest BCUT2D eigenvalue weighted by atomic mass is 127. The number of anilines is 1. The lowest BCUT2D eigenvalue weighted by atomic mass is 9.89. The van der Waals surface area contributed by atoms with Gasteiger partial charge < -0.3 is 15.6 Å². The lowest BCUT2D eigenvalue weighted by Crippen LogP contribution is -2.48. The number of nitrogens with one attached hydrogen (secondary N) is 3. The van der Waals surface area contributed by atoms with Gasteiger partial charge in [-0.2, -0.15) is 9.49 Å². The summed E-state index contributed by atoms with van der Waals surface area (Å²) in [5.41, 5.74) is -0.726.